The minimum absolute atomic E-state index is 0.0962. The van der Waals surface area contributed by atoms with E-state index < -0.39 is 0 Å². The van der Waals surface area contributed by atoms with E-state index in [9.17, 15) is 0 Å². The van der Waals surface area contributed by atoms with Gasteiger partial charge in [-0.2, -0.15) is 4.98 Å². The van der Waals surface area contributed by atoms with Crippen LogP contribution in [0.5, 0.6) is 0 Å². The molecule has 0 atom stereocenters. The molecule has 0 saturated carbocycles. The Morgan fingerprint density at radius 1 is 1.15 bits per heavy atom. The Bertz CT molecular complexity index is 299. The normalized spacial score (nSPS) is 13.4. The van der Waals surface area contributed by atoms with E-state index >= 15 is 0 Å². The van der Waals surface area contributed by atoms with Gasteiger partial charge in [-0.1, -0.05) is 34.6 Å². The monoisotopic (exact) mass is 246 g/mol. The van der Waals surface area contributed by atoms with Gasteiger partial charge in [-0.25, -0.2) is 0 Å². The van der Waals surface area contributed by atoms with Crippen molar-refractivity contribution in [3.8, 4) is 0 Å². The molecular weight excluding hydrogens is 232 g/mol. The third-order valence-corrected chi connectivity index (χ3v) is 3.13. The summed E-state index contributed by atoms with van der Waals surface area (Å²) in [6.45, 7) is 10.7. The van der Waals surface area contributed by atoms with Gasteiger partial charge in [0.2, 0.25) is 10.6 Å². The number of hydrogen-bond donors (Lipinski definition) is 0. The summed E-state index contributed by atoms with van der Waals surface area (Å²) in [6.07, 6.45) is 0. The van der Waals surface area contributed by atoms with Gasteiger partial charge >= 0.3 is 0 Å². The fraction of sp³-hybridized carbons (Fsp3) is 0.778. The Morgan fingerprint density at radius 3 is 2.00 bits per heavy atom. The summed E-state index contributed by atoms with van der Waals surface area (Å²) in [6, 6.07) is 0. The molecule has 0 unspecified atom stereocenters. The molecule has 3 nitrogen and oxygen atoms in total. The first-order valence-corrected chi connectivity index (χ1v) is 5.04. The molecule has 0 fully saturated rings. The molecular formula is C9H15BrN2O. The molecule has 0 aromatic carbocycles. The Labute approximate surface area is 87.0 Å². The molecule has 1 rings (SSSR count). The van der Waals surface area contributed by atoms with E-state index in [1.54, 1.807) is 0 Å². The van der Waals surface area contributed by atoms with E-state index in [2.05, 4.69) is 60.7 Å². The van der Waals surface area contributed by atoms with Gasteiger partial charge < -0.3 is 4.52 Å². The lowest BCUT2D eigenvalue weighted by Gasteiger charge is -2.35. The number of nitrogens with zero attached hydrogens (tertiary/aromatic N) is 2. The number of aromatic nitrogens is 2. The predicted molar refractivity (Wildman–Crippen MR) is 54.5 cm³/mol. The van der Waals surface area contributed by atoms with Crippen LogP contribution in [0, 0.1) is 5.41 Å². The maximum absolute atomic E-state index is 5.15. The van der Waals surface area contributed by atoms with Crippen LogP contribution < -0.4 is 0 Å². The van der Waals surface area contributed by atoms with E-state index in [-0.39, 0.29) is 10.8 Å². The summed E-state index contributed by atoms with van der Waals surface area (Å²) in [4.78, 5) is 4.19. The van der Waals surface area contributed by atoms with Crippen LogP contribution in [0.4, 0.5) is 0 Å². The van der Waals surface area contributed by atoms with E-state index in [1.807, 2.05) is 0 Å². The van der Waals surface area contributed by atoms with Gasteiger partial charge in [-0.05, 0) is 26.5 Å². The minimum atomic E-state index is -0.119. The molecule has 0 aliphatic heterocycles. The lowest BCUT2D eigenvalue weighted by molar-refractivity contribution is 0.168. The van der Waals surface area contributed by atoms with E-state index in [0.717, 1.165) is 0 Å². The van der Waals surface area contributed by atoms with Crippen molar-refractivity contribution in [1.29, 1.82) is 0 Å². The predicted octanol–water partition coefficient (Wildman–Crippen LogP) is 3.16. The van der Waals surface area contributed by atoms with Crippen LogP contribution in [-0.2, 0) is 5.41 Å². The first-order chi connectivity index (χ1) is 5.75. The number of hydrogen-bond acceptors (Lipinski definition) is 3. The maximum atomic E-state index is 5.15. The lowest BCUT2D eigenvalue weighted by atomic mass is 9.69. The summed E-state index contributed by atoms with van der Waals surface area (Å²) in [7, 11) is 0. The van der Waals surface area contributed by atoms with Crippen LogP contribution in [0.3, 0.4) is 0 Å². The second-order valence-corrected chi connectivity index (χ2v) is 5.45. The summed E-state index contributed by atoms with van der Waals surface area (Å²) in [5, 5.41) is 3.73. The third-order valence-electron chi connectivity index (χ3n) is 2.81. The highest BCUT2D eigenvalue weighted by Crippen LogP contribution is 2.39. The highest BCUT2D eigenvalue weighted by molar-refractivity contribution is 9.10. The molecule has 1 aromatic rings. The van der Waals surface area contributed by atoms with E-state index in [0.29, 0.717) is 10.6 Å². The zero-order valence-corrected chi connectivity index (χ0v) is 10.3. The molecule has 0 aliphatic rings. The van der Waals surface area contributed by atoms with Gasteiger partial charge in [0.15, 0.2) is 0 Å². The molecule has 0 aliphatic carbocycles. The van der Waals surface area contributed by atoms with Crippen molar-refractivity contribution in [3.63, 3.8) is 0 Å². The second-order valence-electron chi connectivity index (χ2n) is 4.74. The molecule has 74 valence electrons. The average Bonchev–Trinajstić information content (AvgIpc) is 2.33. The topological polar surface area (TPSA) is 38.9 Å². The highest BCUT2D eigenvalue weighted by Gasteiger charge is 2.39. The fourth-order valence-corrected chi connectivity index (χ4v) is 1.01. The summed E-state index contributed by atoms with van der Waals surface area (Å²) in [5.41, 5.74) is -0.0228. The largest absolute Gasteiger partial charge is 0.338 e. The molecule has 0 N–H and O–H groups in total. The van der Waals surface area contributed by atoms with Crippen LogP contribution in [0.25, 0.3) is 0 Å². The lowest BCUT2D eigenvalue weighted by Crippen LogP contribution is -2.34. The van der Waals surface area contributed by atoms with Gasteiger partial charge in [0, 0.05) is 5.41 Å². The van der Waals surface area contributed by atoms with Crippen molar-refractivity contribution in [2.45, 2.75) is 40.0 Å². The Hall–Kier alpha value is -0.380. The van der Waals surface area contributed by atoms with Gasteiger partial charge in [0.05, 0.1) is 0 Å². The third kappa shape index (κ3) is 1.93. The zero-order valence-electron chi connectivity index (χ0n) is 8.68. The van der Waals surface area contributed by atoms with Crippen LogP contribution in [-0.4, -0.2) is 10.1 Å². The van der Waals surface area contributed by atoms with Crippen molar-refractivity contribution in [2.24, 2.45) is 5.41 Å². The van der Waals surface area contributed by atoms with Crippen molar-refractivity contribution in [3.05, 3.63) is 10.6 Å². The molecule has 1 heterocycles. The highest BCUT2D eigenvalue weighted by atomic mass is 79.9. The maximum Gasteiger partial charge on any atom is 0.238 e. The molecule has 0 radical (unpaired) electrons. The van der Waals surface area contributed by atoms with Crippen molar-refractivity contribution >= 4 is 15.9 Å². The van der Waals surface area contributed by atoms with Gasteiger partial charge in [-0.3, -0.25) is 0 Å². The molecule has 0 spiro atoms. The van der Waals surface area contributed by atoms with Gasteiger partial charge in [-0.15, -0.1) is 0 Å². The molecule has 1 aromatic heterocycles. The standard InChI is InChI=1S/C9H15BrN2O/c1-8(2,3)9(4,5)6-11-7(10)12-13-6/h1-5H3. The average molecular weight is 247 g/mol. The summed E-state index contributed by atoms with van der Waals surface area (Å²) < 4.78 is 5.66. The Balaban J connectivity index is 3.07. The first-order valence-electron chi connectivity index (χ1n) is 4.25. The molecule has 13 heavy (non-hydrogen) atoms. The molecule has 4 heteroatoms. The SMILES string of the molecule is CC(C)(C)C(C)(C)c1nc(Br)no1. The zero-order chi connectivity index (χ0) is 10.3. The van der Waals surface area contributed by atoms with Crippen LogP contribution in [0.1, 0.15) is 40.5 Å². The second kappa shape index (κ2) is 3.08. The summed E-state index contributed by atoms with van der Waals surface area (Å²) >= 11 is 3.18. The fourth-order valence-electron chi connectivity index (χ4n) is 0.780. The van der Waals surface area contributed by atoms with Crippen molar-refractivity contribution < 1.29 is 4.52 Å². The van der Waals surface area contributed by atoms with Crippen molar-refractivity contribution in [2.75, 3.05) is 0 Å². The Kier molecular flexibility index (Phi) is 2.54. The van der Waals surface area contributed by atoms with E-state index in [4.69, 9.17) is 4.52 Å². The minimum Gasteiger partial charge on any atom is -0.338 e. The molecule has 0 amide bonds. The smallest absolute Gasteiger partial charge is 0.238 e. The van der Waals surface area contributed by atoms with E-state index in [1.165, 1.54) is 0 Å². The van der Waals surface area contributed by atoms with Gasteiger partial charge in [0.25, 0.3) is 0 Å². The quantitative estimate of drug-likeness (QED) is 0.765. The van der Waals surface area contributed by atoms with Crippen LogP contribution >= 0.6 is 15.9 Å². The molecule has 0 saturated heterocycles. The number of halogens is 1. The van der Waals surface area contributed by atoms with Crippen molar-refractivity contribution in [1.82, 2.24) is 10.1 Å². The first kappa shape index (κ1) is 10.7. The number of rotatable bonds is 1. The Morgan fingerprint density at radius 2 is 1.69 bits per heavy atom. The van der Waals surface area contributed by atoms with Crippen LogP contribution in [0.15, 0.2) is 9.26 Å². The summed E-state index contributed by atoms with van der Waals surface area (Å²) in [5.74, 6) is 0.673. The van der Waals surface area contributed by atoms with Crippen LogP contribution in [0.2, 0.25) is 0 Å². The van der Waals surface area contributed by atoms with Gasteiger partial charge in [0.1, 0.15) is 0 Å². The molecule has 0 bridgehead atoms.